The number of nitrogens with one attached hydrogen (secondary N) is 1. The van der Waals surface area contributed by atoms with E-state index in [1.165, 1.54) is 6.07 Å². The Morgan fingerprint density at radius 3 is 2.55 bits per heavy atom. The first-order valence-corrected chi connectivity index (χ1v) is 7.14. The predicted molar refractivity (Wildman–Crippen MR) is 80.8 cm³/mol. The fourth-order valence-electron chi connectivity index (χ4n) is 2.03. The highest BCUT2D eigenvalue weighted by Gasteiger charge is 2.15. The largest absolute Gasteiger partial charge is 0.309 e. The summed E-state index contributed by atoms with van der Waals surface area (Å²) in [4.78, 5) is 4.30. The van der Waals surface area contributed by atoms with E-state index in [9.17, 15) is 4.39 Å². The third-order valence-corrected chi connectivity index (χ3v) is 3.46. The van der Waals surface area contributed by atoms with Crippen LogP contribution in [0.4, 0.5) is 4.39 Å². The third-order valence-electron chi connectivity index (χ3n) is 3.00. The summed E-state index contributed by atoms with van der Waals surface area (Å²) < 4.78 is 13.9. The van der Waals surface area contributed by atoms with E-state index in [0.717, 1.165) is 12.2 Å². The van der Waals surface area contributed by atoms with Crippen LogP contribution < -0.4 is 5.32 Å². The van der Waals surface area contributed by atoms with E-state index >= 15 is 0 Å². The molecule has 1 N–H and O–H groups in total. The van der Waals surface area contributed by atoms with Gasteiger partial charge in [0.15, 0.2) is 0 Å². The summed E-state index contributed by atoms with van der Waals surface area (Å²) in [6, 6.07) is 8.30. The molecule has 0 saturated heterocycles. The van der Waals surface area contributed by atoms with Crippen molar-refractivity contribution >= 4 is 23.2 Å². The van der Waals surface area contributed by atoms with Crippen LogP contribution in [0.5, 0.6) is 0 Å². The summed E-state index contributed by atoms with van der Waals surface area (Å²) in [5.41, 5.74) is 1.45. The monoisotopic (exact) mass is 312 g/mol. The topological polar surface area (TPSA) is 24.9 Å². The number of nitrogens with zero attached hydrogens (tertiary/aromatic N) is 1. The van der Waals surface area contributed by atoms with Crippen molar-refractivity contribution in [1.82, 2.24) is 10.3 Å². The van der Waals surface area contributed by atoms with Crippen LogP contribution in [0, 0.1) is 5.82 Å². The van der Waals surface area contributed by atoms with Gasteiger partial charge in [0.1, 0.15) is 5.82 Å². The standard InChI is InChI=1S/C15H15Cl2FN2/c1-2-19-15(14-6-5-12(17)9-20-14)7-10-3-4-11(16)8-13(10)18/h3-6,8-9,15,19H,2,7H2,1H3. The summed E-state index contributed by atoms with van der Waals surface area (Å²) in [6.45, 7) is 2.77. The van der Waals surface area contributed by atoms with E-state index in [0.29, 0.717) is 22.0 Å². The maximum atomic E-state index is 13.9. The van der Waals surface area contributed by atoms with Gasteiger partial charge in [-0.2, -0.15) is 0 Å². The number of aromatic nitrogens is 1. The number of hydrogen-bond donors (Lipinski definition) is 1. The van der Waals surface area contributed by atoms with Gasteiger partial charge in [0, 0.05) is 11.2 Å². The maximum absolute atomic E-state index is 13.9. The van der Waals surface area contributed by atoms with E-state index < -0.39 is 0 Å². The summed E-state index contributed by atoms with van der Waals surface area (Å²) in [6.07, 6.45) is 2.10. The molecule has 0 fully saturated rings. The molecule has 0 aliphatic rings. The van der Waals surface area contributed by atoms with Crippen molar-refractivity contribution in [1.29, 1.82) is 0 Å². The molecule has 2 aromatic rings. The molecule has 0 saturated carbocycles. The smallest absolute Gasteiger partial charge is 0.127 e. The Bertz CT molecular complexity index is 573. The van der Waals surface area contributed by atoms with Gasteiger partial charge in [0.2, 0.25) is 0 Å². The molecular formula is C15H15Cl2FN2. The highest BCUT2D eigenvalue weighted by molar-refractivity contribution is 6.30. The van der Waals surface area contributed by atoms with Crippen molar-refractivity contribution in [2.75, 3.05) is 6.54 Å². The van der Waals surface area contributed by atoms with Gasteiger partial charge in [-0.05, 0) is 42.8 Å². The van der Waals surface area contributed by atoms with Crippen molar-refractivity contribution in [3.63, 3.8) is 0 Å². The Kier molecular flexibility index (Phi) is 5.35. The number of pyridine rings is 1. The maximum Gasteiger partial charge on any atom is 0.127 e. The molecule has 0 aliphatic carbocycles. The quantitative estimate of drug-likeness (QED) is 0.884. The minimum absolute atomic E-state index is 0.0621. The van der Waals surface area contributed by atoms with Crippen molar-refractivity contribution < 1.29 is 4.39 Å². The van der Waals surface area contributed by atoms with Crippen LogP contribution in [-0.4, -0.2) is 11.5 Å². The molecule has 20 heavy (non-hydrogen) atoms. The summed E-state index contributed by atoms with van der Waals surface area (Å²) >= 11 is 11.6. The molecule has 1 atom stereocenters. The summed E-state index contributed by atoms with van der Waals surface area (Å²) in [7, 11) is 0. The normalized spacial score (nSPS) is 12.4. The molecule has 0 amide bonds. The number of benzene rings is 1. The Labute approximate surface area is 127 Å². The minimum Gasteiger partial charge on any atom is -0.309 e. The van der Waals surface area contributed by atoms with Gasteiger partial charge < -0.3 is 5.32 Å². The fraction of sp³-hybridized carbons (Fsp3) is 0.267. The SMILES string of the molecule is CCNC(Cc1ccc(Cl)cc1F)c1ccc(Cl)cn1. The van der Waals surface area contributed by atoms with E-state index in [2.05, 4.69) is 10.3 Å². The van der Waals surface area contributed by atoms with Crippen molar-refractivity contribution in [3.8, 4) is 0 Å². The highest BCUT2D eigenvalue weighted by atomic mass is 35.5. The van der Waals surface area contributed by atoms with Gasteiger partial charge in [-0.3, -0.25) is 4.98 Å². The van der Waals surface area contributed by atoms with Crippen LogP contribution in [0.3, 0.4) is 0 Å². The van der Waals surface area contributed by atoms with Crippen molar-refractivity contribution in [3.05, 3.63) is 63.6 Å². The summed E-state index contributed by atoms with van der Waals surface area (Å²) in [5.74, 6) is -0.297. The molecule has 1 unspecified atom stereocenters. The predicted octanol–water partition coefficient (Wildman–Crippen LogP) is 4.42. The molecule has 0 spiro atoms. The van der Waals surface area contributed by atoms with Crippen molar-refractivity contribution in [2.24, 2.45) is 0 Å². The van der Waals surface area contributed by atoms with Crippen LogP contribution in [-0.2, 0) is 6.42 Å². The van der Waals surface area contributed by atoms with E-state index in [1.807, 2.05) is 13.0 Å². The van der Waals surface area contributed by atoms with E-state index in [4.69, 9.17) is 23.2 Å². The lowest BCUT2D eigenvalue weighted by Gasteiger charge is -2.18. The lowest BCUT2D eigenvalue weighted by Crippen LogP contribution is -2.24. The molecule has 2 nitrogen and oxygen atoms in total. The lowest BCUT2D eigenvalue weighted by atomic mass is 10.0. The van der Waals surface area contributed by atoms with Crippen LogP contribution >= 0.6 is 23.2 Å². The van der Waals surface area contributed by atoms with Gasteiger partial charge in [-0.25, -0.2) is 4.39 Å². The molecule has 1 aromatic carbocycles. The number of hydrogen-bond acceptors (Lipinski definition) is 2. The van der Waals surface area contributed by atoms with Gasteiger partial charge in [-0.1, -0.05) is 36.2 Å². The van der Waals surface area contributed by atoms with Crippen molar-refractivity contribution in [2.45, 2.75) is 19.4 Å². The molecule has 5 heteroatoms. The van der Waals surface area contributed by atoms with E-state index in [1.54, 1.807) is 24.4 Å². The average molecular weight is 313 g/mol. The molecule has 2 rings (SSSR count). The lowest BCUT2D eigenvalue weighted by molar-refractivity contribution is 0.518. The zero-order chi connectivity index (χ0) is 14.5. The van der Waals surface area contributed by atoms with Gasteiger partial charge >= 0.3 is 0 Å². The van der Waals surface area contributed by atoms with E-state index in [-0.39, 0.29) is 11.9 Å². The first-order valence-electron chi connectivity index (χ1n) is 6.39. The molecule has 1 heterocycles. The second-order valence-corrected chi connectivity index (χ2v) is 5.32. The molecule has 1 aromatic heterocycles. The third kappa shape index (κ3) is 3.92. The Hall–Kier alpha value is -1.16. The first-order chi connectivity index (χ1) is 9.60. The second kappa shape index (κ2) is 7.02. The average Bonchev–Trinajstić information content (AvgIpc) is 2.42. The minimum atomic E-state index is -0.297. The Morgan fingerprint density at radius 1 is 1.20 bits per heavy atom. The number of rotatable bonds is 5. The zero-order valence-corrected chi connectivity index (χ0v) is 12.5. The Balaban J connectivity index is 2.22. The second-order valence-electron chi connectivity index (χ2n) is 4.45. The van der Waals surface area contributed by atoms with Gasteiger partial charge in [-0.15, -0.1) is 0 Å². The summed E-state index contributed by atoms with van der Waals surface area (Å²) in [5, 5.41) is 4.29. The van der Waals surface area contributed by atoms with Crippen LogP contribution in [0.2, 0.25) is 10.0 Å². The molecule has 0 radical (unpaired) electrons. The zero-order valence-electron chi connectivity index (χ0n) is 11.0. The molecule has 106 valence electrons. The van der Waals surface area contributed by atoms with Crippen LogP contribution in [0.25, 0.3) is 0 Å². The van der Waals surface area contributed by atoms with Crippen LogP contribution in [0.15, 0.2) is 36.5 Å². The van der Waals surface area contributed by atoms with Gasteiger partial charge in [0.05, 0.1) is 16.8 Å². The highest BCUT2D eigenvalue weighted by Crippen LogP contribution is 2.22. The van der Waals surface area contributed by atoms with Crippen LogP contribution in [0.1, 0.15) is 24.2 Å². The number of likely N-dealkylation sites (N-methyl/N-ethyl adjacent to an activating group) is 1. The first kappa shape index (κ1) is 15.2. The Morgan fingerprint density at radius 2 is 1.95 bits per heavy atom. The molecule has 0 aliphatic heterocycles. The number of halogens is 3. The fourth-order valence-corrected chi connectivity index (χ4v) is 2.30. The van der Waals surface area contributed by atoms with Gasteiger partial charge in [0.25, 0.3) is 0 Å². The molecular weight excluding hydrogens is 298 g/mol. The molecule has 0 bridgehead atoms.